The van der Waals surface area contributed by atoms with Gasteiger partial charge >= 0.3 is 0 Å². The van der Waals surface area contributed by atoms with Gasteiger partial charge in [-0.2, -0.15) is 0 Å². The van der Waals surface area contributed by atoms with E-state index in [4.69, 9.17) is 0 Å². The molecule has 0 spiro atoms. The molecule has 80 valence electrons. The monoisotopic (exact) mass is 217 g/mol. The summed E-state index contributed by atoms with van der Waals surface area (Å²) in [5.41, 5.74) is 2.61. The van der Waals surface area contributed by atoms with E-state index in [9.17, 15) is 0 Å². The van der Waals surface area contributed by atoms with Crippen molar-refractivity contribution in [3.05, 3.63) is 59.7 Å². The van der Waals surface area contributed by atoms with Gasteiger partial charge in [-0.05, 0) is 56.9 Å². The molecule has 4 rings (SSSR count). The topological polar surface area (TPSA) is 12.4 Å². The maximum atomic E-state index is 4.32. The van der Waals surface area contributed by atoms with Gasteiger partial charge < -0.3 is 0 Å². The molecule has 0 radical (unpaired) electrons. The zero-order valence-electron chi connectivity index (χ0n) is 9.35. The SMILES string of the molecule is C1=NCc2cc3cc4ccccc4cc3cc21. The number of benzene rings is 3. The maximum Gasteiger partial charge on any atom is 0.0646 e. The molecular weight excluding hydrogens is 206 g/mol. The van der Waals surface area contributed by atoms with E-state index >= 15 is 0 Å². The van der Waals surface area contributed by atoms with Crippen molar-refractivity contribution in [2.24, 2.45) is 4.99 Å². The normalized spacial score (nSPS) is 13.4. The highest BCUT2D eigenvalue weighted by Gasteiger charge is 2.08. The molecule has 0 N–H and O–H groups in total. The fourth-order valence-corrected chi connectivity index (χ4v) is 2.56. The van der Waals surface area contributed by atoms with Gasteiger partial charge in [0.05, 0.1) is 6.54 Å². The van der Waals surface area contributed by atoms with Crippen molar-refractivity contribution in [1.82, 2.24) is 0 Å². The molecule has 1 nitrogen and oxygen atoms in total. The third-order valence-electron chi connectivity index (χ3n) is 3.45. The Morgan fingerprint density at radius 3 is 2.24 bits per heavy atom. The van der Waals surface area contributed by atoms with Gasteiger partial charge in [0.25, 0.3) is 0 Å². The summed E-state index contributed by atoms with van der Waals surface area (Å²) < 4.78 is 0. The largest absolute Gasteiger partial charge is 0.288 e. The fraction of sp³-hybridized carbons (Fsp3) is 0.0625. The van der Waals surface area contributed by atoms with Gasteiger partial charge in [0.1, 0.15) is 0 Å². The minimum absolute atomic E-state index is 0.831. The van der Waals surface area contributed by atoms with E-state index in [0.29, 0.717) is 0 Å². The van der Waals surface area contributed by atoms with Crippen LogP contribution in [0.25, 0.3) is 21.5 Å². The summed E-state index contributed by atoms with van der Waals surface area (Å²) in [5.74, 6) is 0. The second-order valence-corrected chi connectivity index (χ2v) is 4.57. The fourth-order valence-electron chi connectivity index (χ4n) is 2.56. The summed E-state index contributed by atoms with van der Waals surface area (Å²) >= 11 is 0. The van der Waals surface area contributed by atoms with E-state index in [1.165, 1.54) is 32.7 Å². The first kappa shape index (κ1) is 8.94. The smallest absolute Gasteiger partial charge is 0.0646 e. The molecule has 0 saturated carbocycles. The third kappa shape index (κ3) is 1.29. The Hall–Kier alpha value is -2.15. The van der Waals surface area contributed by atoms with Crippen LogP contribution in [0.4, 0.5) is 0 Å². The second-order valence-electron chi connectivity index (χ2n) is 4.57. The van der Waals surface area contributed by atoms with Crippen molar-refractivity contribution in [2.75, 3.05) is 0 Å². The Balaban J connectivity index is 2.14. The number of hydrogen-bond donors (Lipinski definition) is 0. The van der Waals surface area contributed by atoms with Gasteiger partial charge in [0.15, 0.2) is 0 Å². The predicted molar refractivity (Wildman–Crippen MR) is 72.8 cm³/mol. The van der Waals surface area contributed by atoms with Gasteiger partial charge in [-0.15, -0.1) is 0 Å². The van der Waals surface area contributed by atoms with Crippen molar-refractivity contribution in [3.63, 3.8) is 0 Å². The van der Waals surface area contributed by atoms with Gasteiger partial charge in [-0.1, -0.05) is 24.3 Å². The first-order valence-electron chi connectivity index (χ1n) is 5.85. The molecule has 0 fully saturated rings. The summed E-state index contributed by atoms with van der Waals surface area (Å²) in [5, 5.41) is 5.22. The Morgan fingerprint density at radius 1 is 0.765 bits per heavy atom. The molecule has 3 aromatic rings. The predicted octanol–water partition coefficient (Wildman–Crippen LogP) is 3.93. The highest BCUT2D eigenvalue weighted by Crippen LogP contribution is 2.27. The molecule has 0 aliphatic carbocycles. The average Bonchev–Trinajstić information content (AvgIpc) is 2.80. The van der Waals surface area contributed by atoms with E-state index in [2.05, 4.69) is 53.5 Å². The minimum Gasteiger partial charge on any atom is -0.288 e. The second kappa shape index (κ2) is 3.17. The summed E-state index contributed by atoms with van der Waals surface area (Å²) in [6.07, 6.45) is 1.98. The third-order valence-corrected chi connectivity index (χ3v) is 3.45. The molecule has 1 heterocycles. The van der Waals surface area contributed by atoms with E-state index in [0.717, 1.165) is 6.54 Å². The van der Waals surface area contributed by atoms with Crippen LogP contribution >= 0.6 is 0 Å². The van der Waals surface area contributed by atoms with Gasteiger partial charge in [-0.25, -0.2) is 0 Å². The van der Waals surface area contributed by atoms with E-state index in [1.54, 1.807) is 0 Å². The highest BCUT2D eigenvalue weighted by atomic mass is 14.7. The van der Waals surface area contributed by atoms with Crippen molar-refractivity contribution in [2.45, 2.75) is 6.54 Å². The Kier molecular flexibility index (Phi) is 1.67. The van der Waals surface area contributed by atoms with Crippen molar-refractivity contribution in [3.8, 4) is 0 Å². The Morgan fingerprint density at radius 2 is 1.47 bits per heavy atom. The quantitative estimate of drug-likeness (QED) is 0.506. The summed E-state index contributed by atoms with van der Waals surface area (Å²) in [7, 11) is 0. The van der Waals surface area contributed by atoms with Crippen molar-refractivity contribution < 1.29 is 0 Å². The molecule has 0 atom stereocenters. The first-order valence-corrected chi connectivity index (χ1v) is 5.85. The van der Waals surface area contributed by atoms with Crippen LogP contribution in [0, 0.1) is 0 Å². The van der Waals surface area contributed by atoms with E-state index in [1.807, 2.05) is 6.21 Å². The summed E-state index contributed by atoms with van der Waals surface area (Å²) in [6.45, 7) is 0.831. The van der Waals surface area contributed by atoms with Crippen LogP contribution in [0.3, 0.4) is 0 Å². The lowest BCUT2D eigenvalue weighted by molar-refractivity contribution is 1.12. The molecule has 1 aliphatic rings. The van der Waals surface area contributed by atoms with Crippen LogP contribution in [0.15, 0.2) is 53.5 Å². The molecular formula is C16H11N. The first-order chi connectivity index (χ1) is 8.40. The molecule has 0 aromatic heterocycles. The number of fused-ring (bicyclic) bond motifs is 3. The molecule has 0 unspecified atom stereocenters. The van der Waals surface area contributed by atoms with Crippen LogP contribution in [0.2, 0.25) is 0 Å². The number of rotatable bonds is 0. The molecule has 1 heteroatoms. The number of nitrogens with zero attached hydrogens (tertiary/aromatic N) is 1. The molecule has 0 saturated heterocycles. The van der Waals surface area contributed by atoms with Crippen LogP contribution in [-0.2, 0) is 6.54 Å². The van der Waals surface area contributed by atoms with Gasteiger partial charge in [0.2, 0.25) is 0 Å². The summed E-state index contributed by atoms with van der Waals surface area (Å²) in [6, 6.07) is 17.5. The van der Waals surface area contributed by atoms with Crippen molar-refractivity contribution >= 4 is 27.8 Å². The summed E-state index contributed by atoms with van der Waals surface area (Å²) in [4.78, 5) is 4.32. The van der Waals surface area contributed by atoms with Gasteiger partial charge in [-0.3, -0.25) is 4.99 Å². The highest BCUT2D eigenvalue weighted by molar-refractivity contribution is 6.01. The number of hydrogen-bond acceptors (Lipinski definition) is 1. The van der Waals surface area contributed by atoms with E-state index in [-0.39, 0.29) is 0 Å². The molecule has 17 heavy (non-hydrogen) atoms. The van der Waals surface area contributed by atoms with Crippen molar-refractivity contribution in [1.29, 1.82) is 0 Å². The lowest BCUT2D eigenvalue weighted by Crippen LogP contribution is -1.85. The lowest BCUT2D eigenvalue weighted by Gasteiger charge is -2.05. The Bertz CT molecular complexity index is 769. The molecule has 3 aromatic carbocycles. The number of aliphatic imine (C=N–C) groups is 1. The van der Waals surface area contributed by atoms with Crippen LogP contribution in [-0.4, -0.2) is 6.21 Å². The lowest BCUT2D eigenvalue weighted by atomic mass is 9.99. The average molecular weight is 217 g/mol. The molecule has 1 aliphatic heterocycles. The van der Waals surface area contributed by atoms with Crippen LogP contribution in [0.5, 0.6) is 0 Å². The minimum atomic E-state index is 0.831. The molecule has 0 amide bonds. The van der Waals surface area contributed by atoms with E-state index < -0.39 is 0 Å². The Labute approximate surface area is 99.4 Å². The standard InChI is InChI=1S/C16H11N/c1-2-4-12-6-14-8-16-10-17-9-15(16)7-13(14)5-11(12)3-1/h1-9H,10H2. The van der Waals surface area contributed by atoms with Crippen LogP contribution in [0.1, 0.15) is 11.1 Å². The zero-order chi connectivity index (χ0) is 11.2. The van der Waals surface area contributed by atoms with Gasteiger partial charge in [0, 0.05) is 6.21 Å². The van der Waals surface area contributed by atoms with Crippen LogP contribution < -0.4 is 0 Å². The maximum absolute atomic E-state index is 4.32. The zero-order valence-corrected chi connectivity index (χ0v) is 9.35. The molecule has 0 bridgehead atoms.